The van der Waals surface area contributed by atoms with Crippen LogP contribution in [0.5, 0.6) is 0 Å². The molecule has 27 heavy (non-hydrogen) atoms. The minimum Gasteiger partial charge on any atom is -0.451 e. The highest BCUT2D eigenvalue weighted by atomic mass is 32.2. The van der Waals surface area contributed by atoms with Crippen LogP contribution in [0.4, 0.5) is 0 Å². The fourth-order valence-electron chi connectivity index (χ4n) is 2.95. The van der Waals surface area contributed by atoms with Crippen LogP contribution in [0, 0.1) is 0 Å². The van der Waals surface area contributed by atoms with E-state index < -0.39 is 44.4 Å². The number of hydrogen-bond donors (Lipinski definition) is 1. The molecule has 1 N–H and O–H groups in total. The predicted molar refractivity (Wildman–Crippen MR) is 96.4 cm³/mol. The normalized spacial score (nSPS) is 19.0. The Kier molecular flexibility index (Phi) is 6.32. The number of aromatic nitrogens is 1. The number of aryl methyl sites for hydroxylation is 1. The SMILES string of the molecule is CCN(C(=O)COC(=O)c1cc(S(=O)(=O)NC)cn1C)C1CCS(=O)(=O)C1. The second-order valence-electron chi connectivity index (χ2n) is 6.19. The Labute approximate surface area is 158 Å². The van der Waals surface area contributed by atoms with Gasteiger partial charge in [0.1, 0.15) is 10.6 Å². The number of carbonyl (C=O) groups is 2. The molecule has 10 nitrogen and oxygen atoms in total. The van der Waals surface area contributed by atoms with Gasteiger partial charge in [-0.15, -0.1) is 0 Å². The zero-order chi connectivity index (χ0) is 20.4. The predicted octanol–water partition coefficient (Wildman–Crippen LogP) is -0.874. The molecule has 0 bridgehead atoms. The van der Waals surface area contributed by atoms with E-state index in [2.05, 4.69) is 4.72 Å². The summed E-state index contributed by atoms with van der Waals surface area (Å²) in [5.74, 6) is -1.40. The summed E-state index contributed by atoms with van der Waals surface area (Å²) >= 11 is 0. The summed E-state index contributed by atoms with van der Waals surface area (Å²) in [4.78, 5) is 25.8. The van der Waals surface area contributed by atoms with Crippen LogP contribution in [0.2, 0.25) is 0 Å². The molecule has 2 rings (SSSR count). The van der Waals surface area contributed by atoms with Gasteiger partial charge in [-0.05, 0) is 26.5 Å². The molecule has 0 aromatic carbocycles. The molecule has 0 saturated carbocycles. The van der Waals surface area contributed by atoms with Gasteiger partial charge in [0.15, 0.2) is 16.4 Å². The van der Waals surface area contributed by atoms with Crippen molar-refractivity contribution in [3.63, 3.8) is 0 Å². The number of esters is 1. The summed E-state index contributed by atoms with van der Waals surface area (Å²) in [6.45, 7) is 1.46. The Hall–Kier alpha value is -1.92. The van der Waals surface area contributed by atoms with Crippen LogP contribution >= 0.6 is 0 Å². The van der Waals surface area contributed by atoms with Crippen molar-refractivity contribution in [1.82, 2.24) is 14.2 Å². The van der Waals surface area contributed by atoms with E-state index in [0.717, 1.165) is 6.07 Å². The number of hydrogen-bond acceptors (Lipinski definition) is 7. The Morgan fingerprint density at radius 2 is 2.07 bits per heavy atom. The van der Waals surface area contributed by atoms with Crippen molar-refractivity contribution in [2.45, 2.75) is 24.3 Å². The van der Waals surface area contributed by atoms with Crippen molar-refractivity contribution >= 4 is 31.7 Å². The molecule has 1 saturated heterocycles. The van der Waals surface area contributed by atoms with Crippen molar-refractivity contribution in [2.75, 3.05) is 31.7 Å². The number of nitrogens with one attached hydrogen (secondary N) is 1. The number of rotatable bonds is 7. The van der Waals surface area contributed by atoms with Crippen LogP contribution in [0.3, 0.4) is 0 Å². The standard InChI is InChI=1S/C15H23N3O7S2/c1-4-18(11-5-6-26(21,22)10-11)14(19)9-25-15(20)13-7-12(8-17(13)3)27(23,24)16-2/h7-8,11,16H,4-6,9-10H2,1-3H3. The van der Waals surface area contributed by atoms with Gasteiger partial charge in [0.2, 0.25) is 10.0 Å². The van der Waals surface area contributed by atoms with E-state index in [-0.39, 0.29) is 22.1 Å². The summed E-state index contributed by atoms with van der Waals surface area (Å²) < 4.78 is 55.2. The molecule has 1 amide bonds. The lowest BCUT2D eigenvalue weighted by Gasteiger charge is -2.26. The van der Waals surface area contributed by atoms with Crippen LogP contribution in [0.25, 0.3) is 0 Å². The van der Waals surface area contributed by atoms with Crippen LogP contribution in [-0.4, -0.2) is 75.9 Å². The third kappa shape index (κ3) is 4.87. The van der Waals surface area contributed by atoms with Gasteiger partial charge < -0.3 is 14.2 Å². The quantitative estimate of drug-likeness (QED) is 0.566. The van der Waals surface area contributed by atoms with E-state index in [1.165, 1.54) is 29.8 Å². The lowest BCUT2D eigenvalue weighted by Crippen LogP contribution is -2.43. The molecule has 1 aromatic rings. The first-order valence-corrected chi connectivity index (χ1v) is 11.6. The molecule has 1 aromatic heterocycles. The first kappa shape index (κ1) is 21.4. The molecule has 2 heterocycles. The number of sulfonamides is 1. The first-order valence-electron chi connectivity index (χ1n) is 8.27. The maximum atomic E-state index is 12.3. The van der Waals surface area contributed by atoms with Gasteiger partial charge in [-0.25, -0.2) is 26.4 Å². The molecule has 12 heteroatoms. The van der Waals surface area contributed by atoms with Gasteiger partial charge in [-0.1, -0.05) is 0 Å². The van der Waals surface area contributed by atoms with E-state index >= 15 is 0 Å². The second-order valence-corrected chi connectivity index (χ2v) is 10.3. The van der Waals surface area contributed by atoms with Gasteiger partial charge in [0, 0.05) is 25.8 Å². The second kappa shape index (κ2) is 7.98. The summed E-state index contributed by atoms with van der Waals surface area (Å²) in [5, 5.41) is 0. The van der Waals surface area contributed by atoms with Gasteiger partial charge in [0.25, 0.3) is 5.91 Å². The fraction of sp³-hybridized carbons (Fsp3) is 0.600. The minimum atomic E-state index is -3.71. The lowest BCUT2D eigenvalue weighted by molar-refractivity contribution is -0.136. The van der Waals surface area contributed by atoms with E-state index in [1.54, 1.807) is 6.92 Å². The molecule has 1 aliphatic rings. The summed E-state index contributed by atoms with van der Waals surface area (Å²) in [6, 6.07) is 0.730. The first-order chi connectivity index (χ1) is 12.5. The number of sulfone groups is 1. The highest BCUT2D eigenvalue weighted by Gasteiger charge is 2.34. The van der Waals surface area contributed by atoms with Gasteiger partial charge in [-0.3, -0.25) is 4.79 Å². The van der Waals surface area contributed by atoms with Crippen molar-refractivity contribution in [1.29, 1.82) is 0 Å². The van der Waals surface area contributed by atoms with Gasteiger partial charge in [-0.2, -0.15) is 0 Å². The van der Waals surface area contributed by atoms with E-state index in [0.29, 0.717) is 13.0 Å². The van der Waals surface area contributed by atoms with Gasteiger partial charge in [0.05, 0.1) is 11.5 Å². The number of carbonyl (C=O) groups excluding carboxylic acids is 2. The lowest BCUT2D eigenvalue weighted by atomic mass is 10.2. The number of likely N-dealkylation sites (N-methyl/N-ethyl adjacent to an activating group) is 1. The zero-order valence-electron chi connectivity index (χ0n) is 15.3. The third-order valence-corrected chi connectivity index (χ3v) is 7.54. The molecule has 1 unspecified atom stereocenters. The minimum absolute atomic E-state index is 0.0249. The molecule has 1 aliphatic heterocycles. The zero-order valence-corrected chi connectivity index (χ0v) is 17.0. The summed E-state index contributed by atoms with van der Waals surface area (Å²) in [7, 11) is -4.13. The van der Waals surface area contributed by atoms with Crippen molar-refractivity contribution in [3.8, 4) is 0 Å². The summed E-state index contributed by atoms with van der Waals surface area (Å²) in [5.41, 5.74) is -0.0249. The Morgan fingerprint density at radius 3 is 2.59 bits per heavy atom. The highest BCUT2D eigenvalue weighted by Crippen LogP contribution is 2.18. The van der Waals surface area contributed by atoms with Crippen LogP contribution in [-0.2, 0) is 36.4 Å². The maximum absolute atomic E-state index is 12.3. The van der Waals surface area contributed by atoms with Gasteiger partial charge >= 0.3 is 5.97 Å². The highest BCUT2D eigenvalue weighted by molar-refractivity contribution is 7.91. The molecular formula is C15H23N3O7S2. The smallest absolute Gasteiger partial charge is 0.355 e. The van der Waals surface area contributed by atoms with E-state index in [4.69, 9.17) is 4.74 Å². The fourth-order valence-corrected chi connectivity index (χ4v) is 5.48. The van der Waals surface area contributed by atoms with E-state index in [9.17, 15) is 26.4 Å². The van der Waals surface area contributed by atoms with E-state index in [1.807, 2.05) is 0 Å². The molecule has 1 fully saturated rings. The number of amides is 1. The molecule has 0 spiro atoms. The average Bonchev–Trinajstić information content (AvgIpc) is 3.16. The van der Waals surface area contributed by atoms with Crippen LogP contribution < -0.4 is 4.72 Å². The largest absolute Gasteiger partial charge is 0.451 e. The molecule has 1 atom stereocenters. The van der Waals surface area contributed by atoms with Crippen LogP contribution in [0.15, 0.2) is 17.2 Å². The number of nitrogens with zero attached hydrogens (tertiary/aromatic N) is 2. The molecule has 0 radical (unpaired) electrons. The average molecular weight is 421 g/mol. The maximum Gasteiger partial charge on any atom is 0.355 e. The Bertz CT molecular complexity index is 935. The molecule has 152 valence electrons. The molecule has 0 aliphatic carbocycles. The van der Waals surface area contributed by atoms with Crippen molar-refractivity contribution in [2.24, 2.45) is 7.05 Å². The number of ether oxygens (including phenoxy) is 1. The summed E-state index contributed by atoms with van der Waals surface area (Å²) in [6.07, 6.45) is 1.62. The van der Waals surface area contributed by atoms with Crippen LogP contribution in [0.1, 0.15) is 23.8 Å². The van der Waals surface area contributed by atoms with Crippen molar-refractivity contribution < 1.29 is 31.2 Å². The Balaban J connectivity index is 2.03. The Morgan fingerprint density at radius 1 is 1.41 bits per heavy atom. The van der Waals surface area contributed by atoms with Crippen molar-refractivity contribution in [3.05, 3.63) is 18.0 Å². The molecular weight excluding hydrogens is 398 g/mol. The topological polar surface area (TPSA) is 132 Å². The third-order valence-electron chi connectivity index (χ3n) is 4.40. The monoisotopic (exact) mass is 421 g/mol.